The first-order chi connectivity index (χ1) is 13.4. The first kappa shape index (κ1) is 19.9. The van der Waals surface area contributed by atoms with Crippen molar-refractivity contribution < 1.29 is 9.21 Å². The van der Waals surface area contributed by atoms with Crippen LogP contribution in [0.15, 0.2) is 59.0 Å². The van der Waals surface area contributed by atoms with Gasteiger partial charge in [0.1, 0.15) is 5.52 Å². The van der Waals surface area contributed by atoms with E-state index in [4.69, 9.17) is 27.6 Å². The van der Waals surface area contributed by atoms with Crippen LogP contribution in [-0.2, 0) is 0 Å². The first-order valence-corrected chi connectivity index (χ1v) is 10.9. The predicted octanol–water partition coefficient (Wildman–Crippen LogP) is 7.26. The van der Waals surface area contributed by atoms with Crippen LogP contribution < -0.4 is 5.32 Å². The van der Waals surface area contributed by atoms with Crippen molar-refractivity contribution in [3.05, 3.63) is 77.3 Å². The molecule has 1 N–H and O–H groups in total. The molecule has 1 aromatic heterocycles. The Morgan fingerprint density at radius 3 is 2.64 bits per heavy atom. The second kappa shape index (κ2) is 8.17. The van der Waals surface area contributed by atoms with E-state index < -0.39 is 0 Å². The molecule has 0 saturated carbocycles. The maximum Gasteiger partial charge on any atom is 0.256 e. The summed E-state index contributed by atoms with van der Waals surface area (Å²) in [5.74, 6) is 0.196. The number of halogens is 4. The molecule has 4 nitrogen and oxygen atoms in total. The monoisotopic (exact) mass is 634 g/mol. The molecule has 0 bridgehead atoms. The maximum atomic E-state index is 12.6. The van der Waals surface area contributed by atoms with Crippen molar-refractivity contribution in [3.8, 4) is 11.5 Å². The van der Waals surface area contributed by atoms with Crippen molar-refractivity contribution in [3.63, 3.8) is 0 Å². The van der Waals surface area contributed by atoms with Crippen LogP contribution in [0.1, 0.15) is 10.4 Å². The van der Waals surface area contributed by atoms with Gasteiger partial charge in [-0.1, -0.05) is 23.2 Å². The molecule has 8 heteroatoms. The lowest BCUT2D eigenvalue weighted by Gasteiger charge is -2.07. The topological polar surface area (TPSA) is 55.1 Å². The zero-order chi connectivity index (χ0) is 19.8. The van der Waals surface area contributed by atoms with Gasteiger partial charge in [0.15, 0.2) is 5.58 Å². The van der Waals surface area contributed by atoms with Gasteiger partial charge in [-0.15, -0.1) is 0 Å². The van der Waals surface area contributed by atoms with Gasteiger partial charge in [-0.05, 0) is 99.8 Å². The number of rotatable bonds is 3. The number of hydrogen-bond acceptors (Lipinski definition) is 3. The Morgan fingerprint density at radius 2 is 1.82 bits per heavy atom. The third kappa shape index (κ3) is 4.14. The lowest BCUT2D eigenvalue weighted by molar-refractivity contribution is 0.102. The Labute approximate surface area is 197 Å². The third-order valence-electron chi connectivity index (χ3n) is 3.98. The van der Waals surface area contributed by atoms with Gasteiger partial charge in [0.05, 0.1) is 16.1 Å². The molecule has 0 fully saturated rings. The van der Waals surface area contributed by atoms with E-state index in [1.165, 1.54) is 0 Å². The van der Waals surface area contributed by atoms with Crippen molar-refractivity contribution in [2.24, 2.45) is 0 Å². The number of anilines is 1. The summed E-state index contributed by atoms with van der Waals surface area (Å²) in [7, 11) is 0. The van der Waals surface area contributed by atoms with E-state index in [2.05, 4.69) is 55.5 Å². The zero-order valence-corrected chi connectivity index (χ0v) is 19.8. The minimum absolute atomic E-state index is 0.177. The Hall–Kier alpha value is -1.36. The lowest BCUT2D eigenvalue weighted by atomic mass is 10.2. The fourth-order valence-corrected chi connectivity index (χ4v) is 4.09. The highest BCUT2D eigenvalue weighted by atomic mass is 127. The number of nitrogens with one attached hydrogen (secondary N) is 1. The molecule has 0 atom stereocenters. The normalized spacial score (nSPS) is 11.0. The zero-order valence-electron chi connectivity index (χ0n) is 14.0. The Morgan fingerprint density at radius 1 is 1.00 bits per heavy atom. The van der Waals surface area contributed by atoms with Gasteiger partial charge in [0, 0.05) is 17.9 Å². The van der Waals surface area contributed by atoms with Crippen molar-refractivity contribution in [1.29, 1.82) is 0 Å². The number of fused-ring (bicyclic) bond motifs is 1. The highest BCUT2D eigenvalue weighted by Crippen LogP contribution is 2.33. The number of nitrogens with zero attached hydrogens (tertiary/aromatic N) is 1. The number of hydrogen-bond donors (Lipinski definition) is 1. The van der Waals surface area contributed by atoms with E-state index in [-0.39, 0.29) is 5.91 Å². The molecule has 28 heavy (non-hydrogen) atoms. The van der Waals surface area contributed by atoms with Crippen LogP contribution >= 0.6 is 68.4 Å². The van der Waals surface area contributed by atoms with Crippen LogP contribution in [-0.4, -0.2) is 10.9 Å². The Kier molecular flexibility index (Phi) is 5.82. The minimum Gasteiger partial charge on any atom is -0.436 e. The van der Waals surface area contributed by atoms with E-state index in [0.29, 0.717) is 43.9 Å². The maximum absolute atomic E-state index is 12.6. The van der Waals surface area contributed by atoms with Gasteiger partial charge in [0.25, 0.3) is 5.91 Å². The van der Waals surface area contributed by atoms with Crippen molar-refractivity contribution in [1.82, 2.24) is 4.98 Å². The van der Waals surface area contributed by atoms with Crippen LogP contribution in [0.2, 0.25) is 10.0 Å². The van der Waals surface area contributed by atoms with Crippen molar-refractivity contribution in [2.75, 3.05) is 5.32 Å². The van der Waals surface area contributed by atoms with Gasteiger partial charge in [-0.25, -0.2) is 4.98 Å². The number of carbonyl (C=O) groups excluding carboxylic acids is 1. The quantitative estimate of drug-likeness (QED) is 0.241. The summed E-state index contributed by atoms with van der Waals surface area (Å²) in [5.41, 5.74) is 3.07. The summed E-state index contributed by atoms with van der Waals surface area (Å²) in [6, 6.07) is 16.1. The van der Waals surface area contributed by atoms with E-state index >= 15 is 0 Å². The molecule has 0 aliphatic rings. The Balaban J connectivity index is 1.66. The highest BCUT2D eigenvalue weighted by molar-refractivity contribution is 14.1. The molecule has 0 unspecified atom stereocenters. The number of carbonyl (C=O) groups is 1. The molecule has 0 aliphatic heterocycles. The average Bonchev–Trinajstić information content (AvgIpc) is 3.08. The van der Waals surface area contributed by atoms with E-state index in [1.807, 2.05) is 18.2 Å². The minimum atomic E-state index is -0.177. The molecule has 0 radical (unpaired) electrons. The second-order valence-electron chi connectivity index (χ2n) is 5.90. The predicted molar refractivity (Wildman–Crippen MR) is 129 cm³/mol. The fraction of sp³-hybridized carbons (Fsp3) is 0. The van der Waals surface area contributed by atoms with Crippen LogP contribution in [0.5, 0.6) is 0 Å². The Bertz CT molecular complexity index is 1220. The summed E-state index contributed by atoms with van der Waals surface area (Å²) in [6.45, 7) is 0. The number of aromatic nitrogens is 1. The van der Waals surface area contributed by atoms with Crippen LogP contribution in [0.3, 0.4) is 0 Å². The van der Waals surface area contributed by atoms with Gasteiger partial charge >= 0.3 is 0 Å². The molecular formula is C20H10Cl2I2N2O2. The molecular weight excluding hydrogens is 625 g/mol. The van der Waals surface area contributed by atoms with E-state index in [0.717, 1.165) is 7.14 Å². The summed E-state index contributed by atoms with van der Waals surface area (Å²) >= 11 is 16.6. The van der Waals surface area contributed by atoms with E-state index in [1.54, 1.807) is 36.4 Å². The summed E-state index contributed by atoms with van der Waals surface area (Å²) in [5, 5.41) is 3.95. The second-order valence-corrected chi connectivity index (χ2v) is 9.16. The highest BCUT2D eigenvalue weighted by Gasteiger charge is 2.15. The molecule has 1 amide bonds. The number of amides is 1. The van der Waals surface area contributed by atoms with Gasteiger partial charge in [-0.3, -0.25) is 4.79 Å². The van der Waals surface area contributed by atoms with Gasteiger partial charge < -0.3 is 9.73 Å². The van der Waals surface area contributed by atoms with Crippen LogP contribution in [0.25, 0.3) is 22.6 Å². The summed E-state index contributed by atoms with van der Waals surface area (Å²) < 4.78 is 7.68. The molecule has 140 valence electrons. The lowest BCUT2D eigenvalue weighted by Crippen LogP contribution is -2.13. The molecule has 1 heterocycles. The van der Waals surface area contributed by atoms with Crippen LogP contribution in [0.4, 0.5) is 5.69 Å². The van der Waals surface area contributed by atoms with Gasteiger partial charge in [-0.2, -0.15) is 0 Å². The molecule has 4 rings (SSSR count). The SMILES string of the molecule is O=C(Nc1ccc2oc(-c3cc(Cl)ccc3Cl)nc2c1)c1cc(I)ccc1I. The largest absolute Gasteiger partial charge is 0.436 e. The number of benzene rings is 3. The molecule has 3 aromatic carbocycles. The standard InChI is InChI=1S/C20H10Cl2I2N2O2/c21-10-1-4-15(22)13(7-10)20-26-17-9-12(3-6-18(17)28-20)25-19(27)14-8-11(23)2-5-16(14)24/h1-9H,(H,25,27). The molecule has 0 saturated heterocycles. The molecule has 0 aliphatic carbocycles. The smallest absolute Gasteiger partial charge is 0.256 e. The summed E-state index contributed by atoms with van der Waals surface area (Å²) in [6.07, 6.45) is 0. The average molecular weight is 635 g/mol. The summed E-state index contributed by atoms with van der Waals surface area (Å²) in [4.78, 5) is 17.1. The van der Waals surface area contributed by atoms with Crippen LogP contribution in [0, 0.1) is 7.14 Å². The molecule has 4 aromatic rings. The van der Waals surface area contributed by atoms with Crippen molar-refractivity contribution in [2.45, 2.75) is 0 Å². The molecule has 0 spiro atoms. The van der Waals surface area contributed by atoms with Crippen molar-refractivity contribution >= 4 is 91.1 Å². The fourth-order valence-electron chi connectivity index (χ4n) is 2.65. The van der Waals surface area contributed by atoms with Gasteiger partial charge in [0.2, 0.25) is 5.89 Å². The third-order valence-corrected chi connectivity index (χ3v) is 6.15. The van der Waals surface area contributed by atoms with E-state index in [9.17, 15) is 4.79 Å². The first-order valence-electron chi connectivity index (χ1n) is 8.03. The number of oxazole rings is 1.